The van der Waals surface area contributed by atoms with Crippen LogP contribution in [-0.4, -0.2) is 35.9 Å². The molecule has 1 aromatic rings. The quantitative estimate of drug-likeness (QED) is 0.763. The topological polar surface area (TPSA) is 29.5 Å². The molecule has 0 radical (unpaired) electrons. The van der Waals surface area contributed by atoms with Gasteiger partial charge in [-0.3, -0.25) is 9.69 Å². The first-order valence-corrected chi connectivity index (χ1v) is 7.08. The number of carbonyl (C=O) groups is 1. The molecule has 0 N–H and O–H groups in total. The van der Waals surface area contributed by atoms with Crippen molar-refractivity contribution in [2.45, 2.75) is 39.2 Å². The first-order chi connectivity index (χ1) is 9.05. The van der Waals surface area contributed by atoms with E-state index in [1.807, 2.05) is 45.0 Å². The highest BCUT2D eigenvalue weighted by Crippen LogP contribution is 2.26. The number of nitrogens with zero attached hydrogens (tertiary/aromatic N) is 1. The third-order valence-electron chi connectivity index (χ3n) is 3.86. The fraction of sp³-hybridized carbons (Fsp3) is 0.562. The second-order valence-electron chi connectivity index (χ2n) is 5.54. The summed E-state index contributed by atoms with van der Waals surface area (Å²) in [5.41, 5.74) is 0.310. The van der Waals surface area contributed by atoms with Crippen molar-refractivity contribution in [2.75, 3.05) is 19.7 Å². The van der Waals surface area contributed by atoms with E-state index in [4.69, 9.17) is 4.74 Å². The molecule has 0 atom stereocenters. The number of carbonyl (C=O) groups excluding carboxylic acids is 1. The summed E-state index contributed by atoms with van der Waals surface area (Å²) in [4.78, 5) is 15.0. The second-order valence-corrected chi connectivity index (χ2v) is 5.54. The van der Waals surface area contributed by atoms with Crippen molar-refractivity contribution in [1.29, 1.82) is 0 Å². The Bertz CT molecular complexity index is 448. The highest BCUT2D eigenvalue weighted by Gasteiger charge is 2.36. The van der Waals surface area contributed by atoms with Gasteiger partial charge in [-0.2, -0.15) is 0 Å². The molecule has 0 unspecified atom stereocenters. The summed E-state index contributed by atoms with van der Waals surface area (Å²) in [5, 5.41) is 0. The molecular formula is C16H23NO2. The van der Waals surface area contributed by atoms with Gasteiger partial charge in [0.15, 0.2) is 5.78 Å². The third-order valence-corrected chi connectivity index (χ3v) is 3.86. The average Bonchev–Trinajstić information content (AvgIpc) is 2.93. The van der Waals surface area contributed by atoms with Crippen LogP contribution in [0.2, 0.25) is 0 Å². The number of Topliss-reactive ketones (excluding diaryl/α,β-unsaturated/α-hetero) is 1. The van der Waals surface area contributed by atoms with Crippen LogP contribution >= 0.6 is 0 Å². The molecule has 19 heavy (non-hydrogen) atoms. The highest BCUT2D eigenvalue weighted by molar-refractivity contribution is 6.03. The maximum atomic E-state index is 12.7. The van der Waals surface area contributed by atoms with Crippen molar-refractivity contribution in [3.05, 3.63) is 29.8 Å². The summed E-state index contributed by atoms with van der Waals surface area (Å²) >= 11 is 0. The van der Waals surface area contributed by atoms with Gasteiger partial charge in [-0.1, -0.05) is 12.1 Å². The summed E-state index contributed by atoms with van der Waals surface area (Å²) in [6.07, 6.45) is 2.38. The second kappa shape index (κ2) is 5.74. The van der Waals surface area contributed by atoms with E-state index in [1.165, 1.54) is 12.8 Å². The molecule has 0 aromatic heterocycles. The smallest absolute Gasteiger partial charge is 0.182 e. The minimum atomic E-state index is -0.429. The lowest BCUT2D eigenvalue weighted by atomic mass is 9.91. The van der Waals surface area contributed by atoms with Crippen molar-refractivity contribution in [1.82, 2.24) is 4.90 Å². The molecule has 0 bridgehead atoms. The monoisotopic (exact) mass is 261 g/mol. The Morgan fingerprint density at radius 1 is 1.32 bits per heavy atom. The Hall–Kier alpha value is -1.35. The molecule has 0 spiro atoms. The maximum absolute atomic E-state index is 12.7. The molecule has 1 saturated heterocycles. The molecule has 1 heterocycles. The summed E-state index contributed by atoms with van der Waals surface area (Å²) in [5.74, 6) is 0.946. The Morgan fingerprint density at radius 3 is 2.63 bits per heavy atom. The average molecular weight is 261 g/mol. The van der Waals surface area contributed by atoms with E-state index < -0.39 is 5.54 Å². The van der Waals surface area contributed by atoms with Gasteiger partial charge in [-0.25, -0.2) is 0 Å². The van der Waals surface area contributed by atoms with E-state index in [1.54, 1.807) is 0 Å². The van der Waals surface area contributed by atoms with E-state index >= 15 is 0 Å². The van der Waals surface area contributed by atoms with Gasteiger partial charge in [-0.05, 0) is 58.8 Å². The van der Waals surface area contributed by atoms with Gasteiger partial charge in [0.2, 0.25) is 0 Å². The zero-order chi connectivity index (χ0) is 13.9. The molecule has 3 heteroatoms. The Morgan fingerprint density at radius 2 is 2.00 bits per heavy atom. The standard InChI is InChI=1S/C16H23NO2/c1-4-19-14-9-7-8-13(12-14)15(18)16(2,3)17-10-5-6-11-17/h7-9,12H,4-6,10-11H2,1-3H3. The van der Waals surface area contributed by atoms with Gasteiger partial charge >= 0.3 is 0 Å². The van der Waals surface area contributed by atoms with Crippen molar-refractivity contribution >= 4 is 5.78 Å². The van der Waals surface area contributed by atoms with Gasteiger partial charge in [0.25, 0.3) is 0 Å². The van der Waals surface area contributed by atoms with Crippen LogP contribution in [0, 0.1) is 0 Å². The Labute approximate surface area is 115 Å². The van der Waals surface area contributed by atoms with Crippen molar-refractivity contribution < 1.29 is 9.53 Å². The third kappa shape index (κ3) is 2.98. The van der Waals surface area contributed by atoms with Crippen LogP contribution in [0.25, 0.3) is 0 Å². The lowest BCUT2D eigenvalue weighted by molar-refractivity contribution is 0.0702. The van der Waals surface area contributed by atoms with Crippen molar-refractivity contribution in [2.24, 2.45) is 0 Å². The Kier molecular flexibility index (Phi) is 4.25. The van der Waals surface area contributed by atoms with E-state index in [2.05, 4.69) is 4.90 Å². The van der Waals surface area contributed by atoms with Crippen molar-refractivity contribution in [3.63, 3.8) is 0 Å². The van der Waals surface area contributed by atoms with Gasteiger partial charge in [0.1, 0.15) is 5.75 Å². The summed E-state index contributed by atoms with van der Waals surface area (Å²) in [6.45, 7) is 8.64. The van der Waals surface area contributed by atoms with E-state index in [0.29, 0.717) is 6.61 Å². The van der Waals surface area contributed by atoms with Crippen LogP contribution < -0.4 is 4.74 Å². The largest absolute Gasteiger partial charge is 0.494 e. The molecule has 0 amide bonds. The summed E-state index contributed by atoms with van der Waals surface area (Å²) in [6, 6.07) is 7.51. The van der Waals surface area contributed by atoms with Gasteiger partial charge < -0.3 is 4.74 Å². The van der Waals surface area contributed by atoms with E-state index in [9.17, 15) is 4.79 Å². The van der Waals surface area contributed by atoms with E-state index in [0.717, 1.165) is 24.4 Å². The number of benzene rings is 1. The van der Waals surface area contributed by atoms with Crippen molar-refractivity contribution in [3.8, 4) is 5.75 Å². The van der Waals surface area contributed by atoms with Crippen LogP contribution in [0.15, 0.2) is 24.3 Å². The maximum Gasteiger partial charge on any atom is 0.182 e. The van der Waals surface area contributed by atoms with Crippen LogP contribution in [0.1, 0.15) is 44.0 Å². The van der Waals surface area contributed by atoms with Gasteiger partial charge in [0.05, 0.1) is 12.1 Å². The number of hydrogen-bond donors (Lipinski definition) is 0. The number of rotatable bonds is 5. The van der Waals surface area contributed by atoms with Gasteiger partial charge in [-0.15, -0.1) is 0 Å². The van der Waals surface area contributed by atoms with Crippen LogP contribution in [0.3, 0.4) is 0 Å². The minimum absolute atomic E-state index is 0.177. The molecule has 1 aliphatic rings. The fourth-order valence-corrected chi connectivity index (χ4v) is 2.67. The fourth-order valence-electron chi connectivity index (χ4n) is 2.67. The molecule has 104 valence electrons. The van der Waals surface area contributed by atoms with Crippen LogP contribution in [0.4, 0.5) is 0 Å². The molecule has 3 nitrogen and oxygen atoms in total. The molecule has 1 aromatic carbocycles. The first-order valence-electron chi connectivity index (χ1n) is 7.08. The number of likely N-dealkylation sites (tertiary alicyclic amines) is 1. The molecule has 2 rings (SSSR count). The SMILES string of the molecule is CCOc1cccc(C(=O)C(C)(C)N2CCCC2)c1. The number of ether oxygens (including phenoxy) is 1. The molecule has 1 fully saturated rings. The minimum Gasteiger partial charge on any atom is -0.494 e. The zero-order valence-corrected chi connectivity index (χ0v) is 12.1. The van der Waals surface area contributed by atoms with Crippen LogP contribution in [0.5, 0.6) is 5.75 Å². The molecule has 0 aliphatic carbocycles. The first kappa shape index (κ1) is 14.1. The Balaban J connectivity index is 2.20. The molecule has 1 aliphatic heterocycles. The predicted molar refractivity (Wildman–Crippen MR) is 76.8 cm³/mol. The lowest BCUT2D eigenvalue weighted by Gasteiger charge is -2.34. The molecule has 0 saturated carbocycles. The predicted octanol–water partition coefficient (Wildman–Crippen LogP) is 3.14. The number of hydrogen-bond acceptors (Lipinski definition) is 3. The molecular weight excluding hydrogens is 238 g/mol. The highest BCUT2D eigenvalue weighted by atomic mass is 16.5. The lowest BCUT2D eigenvalue weighted by Crippen LogP contribution is -2.48. The zero-order valence-electron chi connectivity index (χ0n) is 12.1. The summed E-state index contributed by atoms with van der Waals surface area (Å²) in [7, 11) is 0. The normalized spacial score (nSPS) is 16.6. The summed E-state index contributed by atoms with van der Waals surface area (Å²) < 4.78 is 5.47. The number of ketones is 1. The van der Waals surface area contributed by atoms with E-state index in [-0.39, 0.29) is 5.78 Å². The van der Waals surface area contributed by atoms with Crippen LogP contribution in [-0.2, 0) is 0 Å². The van der Waals surface area contributed by atoms with Gasteiger partial charge in [0, 0.05) is 5.56 Å².